The van der Waals surface area contributed by atoms with Crippen molar-refractivity contribution in [2.45, 2.75) is 24.8 Å². The first-order valence-electron chi connectivity index (χ1n) is 7.48. The predicted molar refractivity (Wildman–Crippen MR) is 95.5 cm³/mol. The van der Waals surface area contributed by atoms with Crippen LogP contribution >= 0.6 is 0 Å². The Morgan fingerprint density at radius 1 is 1.08 bits per heavy atom. The molecule has 2 rings (SSSR count). The van der Waals surface area contributed by atoms with Crippen molar-refractivity contribution in [3.63, 3.8) is 0 Å². The zero-order chi connectivity index (χ0) is 17.7. The molecule has 2 aromatic rings. The van der Waals surface area contributed by atoms with Crippen molar-refractivity contribution in [3.8, 4) is 0 Å². The van der Waals surface area contributed by atoms with E-state index in [0.717, 1.165) is 5.56 Å². The number of rotatable bonds is 5. The van der Waals surface area contributed by atoms with Gasteiger partial charge >= 0.3 is 0 Å². The molecule has 6 heteroatoms. The van der Waals surface area contributed by atoms with E-state index in [4.69, 9.17) is 0 Å². The number of nitrogens with one attached hydrogen (secondary N) is 2. The van der Waals surface area contributed by atoms with Gasteiger partial charge in [-0.25, -0.2) is 0 Å². The Balaban J connectivity index is 2.01. The van der Waals surface area contributed by atoms with Gasteiger partial charge in [0, 0.05) is 33.2 Å². The number of amides is 2. The summed E-state index contributed by atoms with van der Waals surface area (Å²) in [5.74, 6) is -0.639. The summed E-state index contributed by atoms with van der Waals surface area (Å²) in [6.07, 6.45) is 1.58. The van der Waals surface area contributed by atoms with E-state index in [1.807, 2.05) is 13.0 Å². The number of carbonyl (C=O) groups is 2. The molecule has 0 aliphatic heterocycles. The van der Waals surface area contributed by atoms with Crippen LogP contribution in [0, 0.1) is 6.92 Å². The Hall–Kier alpha value is -2.47. The van der Waals surface area contributed by atoms with Gasteiger partial charge in [0.05, 0.1) is 0 Å². The minimum absolute atomic E-state index is 0.301. The van der Waals surface area contributed by atoms with Crippen LogP contribution in [0.4, 0.5) is 5.69 Å². The van der Waals surface area contributed by atoms with E-state index in [0.29, 0.717) is 16.1 Å². The number of benzene rings is 2. The maximum absolute atomic E-state index is 12.2. The average molecular weight is 344 g/mol. The van der Waals surface area contributed by atoms with Gasteiger partial charge in [0.15, 0.2) is 0 Å². The quantitative estimate of drug-likeness (QED) is 0.875. The van der Waals surface area contributed by atoms with Crippen LogP contribution in [-0.2, 0) is 15.6 Å². The summed E-state index contributed by atoms with van der Waals surface area (Å²) in [6.45, 7) is 3.52. The van der Waals surface area contributed by atoms with Crippen molar-refractivity contribution in [3.05, 3.63) is 59.7 Å². The first-order valence-corrected chi connectivity index (χ1v) is 9.04. The standard InChI is InChI=1S/C18H20N2O3S/c1-12-6-4-7-14(10-12)18(22)19-13(2)17(21)20-15-8-5-9-16(11-15)24(3)23/h4-11,13H,1-3H3,(H,19,22)(H,20,21)/t13-,24-/m0/s1. The molecule has 2 N–H and O–H groups in total. The second-order valence-electron chi connectivity index (χ2n) is 5.54. The van der Waals surface area contributed by atoms with Gasteiger partial charge in [-0.3, -0.25) is 13.8 Å². The van der Waals surface area contributed by atoms with Crippen LogP contribution in [0.25, 0.3) is 0 Å². The number of hydrogen-bond acceptors (Lipinski definition) is 3. The zero-order valence-corrected chi connectivity index (χ0v) is 14.6. The lowest BCUT2D eigenvalue weighted by Crippen LogP contribution is -2.41. The van der Waals surface area contributed by atoms with Gasteiger partial charge < -0.3 is 10.6 Å². The molecular weight excluding hydrogens is 324 g/mol. The second kappa shape index (κ2) is 7.88. The number of aryl methyl sites for hydroxylation is 1. The van der Waals surface area contributed by atoms with Crippen LogP contribution in [0.15, 0.2) is 53.4 Å². The second-order valence-corrected chi connectivity index (χ2v) is 6.92. The lowest BCUT2D eigenvalue weighted by Gasteiger charge is -2.14. The highest BCUT2D eigenvalue weighted by Crippen LogP contribution is 2.13. The van der Waals surface area contributed by atoms with Crippen molar-refractivity contribution in [1.82, 2.24) is 5.32 Å². The SMILES string of the molecule is Cc1cccc(C(=O)N[C@@H](C)C(=O)Nc2cccc([S@](C)=O)c2)c1. The van der Waals surface area contributed by atoms with Gasteiger partial charge in [-0.1, -0.05) is 23.8 Å². The summed E-state index contributed by atoms with van der Waals surface area (Å²) in [5, 5.41) is 5.39. The van der Waals surface area contributed by atoms with Gasteiger partial charge in [-0.15, -0.1) is 0 Å². The maximum Gasteiger partial charge on any atom is 0.251 e. The molecule has 0 unspecified atom stereocenters. The Labute approximate surface area is 143 Å². The van der Waals surface area contributed by atoms with E-state index in [2.05, 4.69) is 10.6 Å². The van der Waals surface area contributed by atoms with Gasteiger partial charge in [-0.05, 0) is 44.2 Å². The fourth-order valence-electron chi connectivity index (χ4n) is 2.13. The van der Waals surface area contributed by atoms with Crippen LogP contribution < -0.4 is 10.6 Å². The third-order valence-electron chi connectivity index (χ3n) is 3.45. The van der Waals surface area contributed by atoms with E-state index in [1.54, 1.807) is 55.6 Å². The Morgan fingerprint density at radius 2 is 1.79 bits per heavy atom. The van der Waals surface area contributed by atoms with Crippen molar-refractivity contribution >= 4 is 28.3 Å². The molecule has 24 heavy (non-hydrogen) atoms. The Bertz CT molecular complexity index is 789. The molecule has 0 radical (unpaired) electrons. The highest BCUT2D eigenvalue weighted by molar-refractivity contribution is 7.84. The number of anilines is 1. The maximum atomic E-state index is 12.2. The molecule has 0 saturated carbocycles. The van der Waals surface area contributed by atoms with Crippen LogP contribution in [0.5, 0.6) is 0 Å². The highest BCUT2D eigenvalue weighted by Gasteiger charge is 2.17. The minimum Gasteiger partial charge on any atom is -0.341 e. The third-order valence-corrected chi connectivity index (χ3v) is 4.37. The molecule has 2 aromatic carbocycles. The van der Waals surface area contributed by atoms with Gasteiger partial charge in [0.1, 0.15) is 6.04 Å². The molecule has 0 saturated heterocycles. The molecule has 2 amide bonds. The van der Waals surface area contributed by atoms with E-state index in [-0.39, 0.29) is 11.8 Å². The smallest absolute Gasteiger partial charge is 0.251 e. The lowest BCUT2D eigenvalue weighted by molar-refractivity contribution is -0.117. The molecule has 0 fully saturated rings. The highest BCUT2D eigenvalue weighted by atomic mass is 32.2. The summed E-state index contributed by atoms with van der Waals surface area (Å²) in [5.41, 5.74) is 2.03. The molecule has 0 aromatic heterocycles. The van der Waals surface area contributed by atoms with Crippen molar-refractivity contribution in [2.75, 3.05) is 11.6 Å². The fraction of sp³-hybridized carbons (Fsp3) is 0.222. The molecule has 0 bridgehead atoms. The summed E-state index contributed by atoms with van der Waals surface area (Å²) < 4.78 is 11.5. The van der Waals surface area contributed by atoms with Gasteiger partial charge in [-0.2, -0.15) is 0 Å². The van der Waals surface area contributed by atoms with Gasteiger partial charge in [0.25, 0.3) is 5.91 Å². The Kier molecular flexibility index (Phi) is 5.87. The molecule has 126 valence electrons. The summed E-state index contributed by atoms with van der Waals surface area (Å²) in [6, 6.07) is 13.3. The predicted octanol–water partition coefficient (Wildman–Crippen LogP) is 2.49. The molecule has 0 heterocycles. The monoisotopic (exact) mass is 344 g/mol. The largest absolute Gasteiger partial charge is 0.341 e. The summed E-state index contributed by atoms with van der Waals surface area (Å²) >= 11 is 0. The van der Waals surface area contributed by atoms with Crippen molar-refractivity contribution in [1.29, 1.82) is 0 Å². The number of carbonyl (C=O) groups excluding carboxylic acids is 2. The molecule has 2 atom stereocenters. The van der Waals surface area contributed by atoms with E-state index >= 15 is 0 Å². The topological polar surface area (TPSA) is 75.3 Å². The zero-order valence-electron chi connectivity index (χ0n) is 13.8. The van der Waals surface area contributed by atoms with Crippen LogP contribution in [0.3, 0.4) is 0 Å². The average Bonchev–Trinajstić information content (AvgIpc) is 2.54. The summed E-state index contributed by atoms with van der Waals surface area (Å²) in [7, 11) is -1.12. The van der Waals surface area contributed by atoms with E-state index in [1.165, 1.54) is 0 Å². The summed E-state index contributed by atoms with van der Waals surface area (Å²) in [4.78, 5) is 25.0. The van der Waals surface area contributed by atoms with E-state index in [9.17, 15) is 13.8 Å². The molecule has 0 spiro atoms. The van der Waals surface area contributed by atoms with Gasteiger partial charge in [0.2, 0.25) is 5.91 Å². The normalized spacial score (nSPS) is 13.0. The minimum atomic E-state index is -1.12. The lowest BCUT2D eigenvalue weighted by atomic mass is 10.1. The molecule has 0 aliphatic carbocycles. The van der Waals surface area contributed by atoms with Crippen LogP contribution in [0.1, 0.15) is 22.8 Å². The third kappa shape index (κ3) is 4.76. The van der Waals surface area contributed by atoms with E-state index < -0.39 is 16.8 Å². The fourth-order valence-corrected chi connectivity index (χ4v) is 2.70. The first-order chi connectivity index (χ1) is 11.4. The van der Waals surface area contributed by atoms with Crippen LogP contribution in [-0.4, -0.2) is 28.3 Å². The first kappa shape index (κ1) is 17.9. The van der Waals surface area contributed by atoms with Crippen molar-refractivity contribution < 1.29 is 13.8 Å². The molecule has 5 nitrogen and oxygen atoms in total. The molecule has 0 aliphatic rings. The van der Waals surface area contributed by atoms with Crippen molar-refractivity contribution in [2.24, 2.45) is 0 Å². The Morgan fingerprint density at radius 3 is 2.46 bits per heavy atom. The van der Waals surface area contributed by atoms with Crippen LogP contribution in [0.2, 0.25) is 0 Å². The number of hydrogen-bond donors (Lipinski definition) is 2. The molecular formula is C18H20N2O3S.